The number of benzene rings is 1. The first-order chi connectivity index (χ1) is 13.2. The Kier molecular flexibility index (Phi) is 6.90. The molecule has 0 bridgehead atoms. The number of aromatic amines is 1. The van der Waals surface area contributed by atoms with E-state index in [1.165, 1.54) is 12.1 Å². The van der Waals surface area contributed by atoms with Crippen molar-refractivity contribution in [2.45, 2.75) is 26.3 Å². The summed E-state index contributed by atoms with van der Waals surface area (Å²) in [4.78, 5) is 30.2. The Morgan fingerprint density at radius 1 is 1.39 bits per heavy atom. The number of aryl methyl sites for hydroxylation is 1. The van der Waals surface area contributed by atoms with Crippen molar-refractivity contribution in [3.05, 3.63) is 41.5 Å². The number of amides is 1. The van der Waals surface area contributed by atoms with Crippen molar-refractivity contribution in [3.63, 3.8) is 0 Å². The molecule has 1 aliphatic heterocycles. The average molecular weight is 411 g/mol. The normalized spacial score (nSPS) is 17.5. The van der Waals surface area contributed by atoms with Crippen LogP contribution in [0.3, 0.4) is 0 Å². The van der Waals surface area contributed by atoms with Gasteiger partial charge in [-0.25, -0.2) is 17.8 Å². The van der Waals surface area contributed by atoms with E-state index in [9.17, 15) is 17.6 Å². The Bertz CT molecular complexity index is 941. The summed E-state index contributed by atoms with van der Waals surface area (Å²) < 4.78 is 36.5. The molecule has 152 valence electrons. The lowest BCUT2D eigenvalue weighted by molar-refractivity contribution is -0.122. The standard InChI is InChI=1S/C17H20FN3O3S.CH2O2/c1-3-21(14-8-9-25(23,24)10-14)17(22)15-11(2)19-16(20-15)12-4-6-13(18)7-5-12;2-1-3/h4-7,14H,3,8-10H2,1-2H3,(H,19,20);1H,(H,2,3). The van der Waals surface area contributed by atoms with Crippen LogP contribution in [0.15, 0.2) is 24.3 Å². The summed E-state index contributed by atoms with van der Waals surface area (Å²) >= 11 is 0. The quantitative estimate of drug-likeness (QED) is 0.741. The van der Waals surface area contributed by atoms with E-state index in [1.54, 1.807) is 24.0 Å². The van der Waals surface area contributed by atoms with Crippen molar-refractivity contribution in [3.8, 4) is 11.4 Å². The highest BCUT2D eigenvalue weighted by molar-refractivity contribution is 7.91. The molecule has 3 rings (SSSR count). The molecule has 1 aromatic carbocycles. The molecule has 10 heteroatoms. The second-order valence-corrected chi connectivity index (χ2v) is 8.55. The zero-order chi connectivity index (χ0) is 20.9. The molecule has 2 N–H and O–H groups in total. The first kappa shape index (κ1) is 21.5. The number of carbonyl (C=O) groups excluding carboxylic acids is 1. The SMILES string of the molecule is CCN(C(=O)c1nc(-c2ccc(F)cc2)[nH]c1C)C1CCS(=O)(=O)C1.O=CO. The molecule has 1 atom stereocenters. The number of nitrogens with one attached hydrogen (secondary N) is 1. The number of carboxylic acid groups (broad SMARTS) is 1. The summed E-state index contributed by atoms with van der Waals surface area (Å²) in [5.74, 6) is -0.0338. The van der Waals surface area contributed by atoms with E-state index in [-0.39, 0.29) is 41.4 Å². The average Bonchev–Trinajstić information content (AvgIpc) is 3.19. The minimum Gasteiger partial charge on any atom is -0.483 e. The van der Waals surface area contributed by atoms with Gasteiger partial charge in [-0.3, -0.25) is 9.59 Å². The number of sulfone groups is 1. The van der Waals surface area contributed by atoms with Crippen LogP contribution >= 0.6 is 0 Å². The molecule has 28 heavy (non-hydrogen) atoms. The molecule has 1 unspecified atom stereocenters. The molecule has 2 aromatic rings. The van der Waals surface area contributed by atoms with Crippen LogP contribution < -0.4 is 0 Å². The number of halogens is 1. The van der Waals surface area contributed by atoms with Crippen LogP contribution in [0.5, 0.6) is 0 Å². The Balaban J connectivity index is 0.000000878. The molecular weight excluding hydrogens is 389 g/mol. The highest BCUT2D eigenvalue weighted by atomic mass is 32.2. The van der Waals surface area contributed by atoms with Crippen LogP contribution in [0, 0.1) is 12.7 Å². The van der Waals surface area contributed by atoms with Gasteiger partial charge in [-0.15, -0.1) is 0 Å². The van der Waals surface area contributed by atoms with E-state index in [2.05, 4.69) is 9.97 Å². The van der Waals surface area contributed by atoms with E-state index < -0.39 is 9.84 Å². The van der Waals surface area contributed by atoms with Gasteiger partial charge in [0.25, 0.3) is 12.4 Å². The fraction of sp³-hybridized carbons (Fsp3) is 0.389. The predicted molar refractivity (Wildman–Crippen MR) is 101 cm³/mol. The van der Waals surface area contributed by atoms with Gasteiger partial charge in [0.05, 0.1) is 11.5 Å². The summed E-state index contributed by atoms with van der Waals surface area (Å²) in [6, 6.07) is 5.52. The van der Waals surface area contributed by atoms with Gasteiger partial charge in [-0.2, -0.15) is 0 Å². The molecule has 8 nitrogen and oxygen atoms in total. The van der Waals surface area contributed by atoms with Crippen LogP contribution in [0.4, 0.5) is 4.39 Å². The molecule has 0 saturated carbocycles. The second-order valence-electron chi connectivity index (χ2n) is 6.32. The first-order valence-corrected chi connectivity index (χ1v) is 10.5. The lowest BCUT2D eigenvalue weighted by atomic mass is 10.2. The smallest absolute Gasteiger partial charge is 0.290 e. The molecule has 1 aliphatic rings. The summed E-state index contributed by atoms with van der Waals surface area (Å²) in [7, 11) is -3.08. The lowest BCUT2D eigenvalue weighted by Gasteiger charge is -2.26. The molecule has 2 heterocycles. The minimum atomic E-state index is -3.08. The van der Waals surface area contributed by atoms with E-state index in [0.717, 1.165) is 0 Å². The maximum atomic E-state index is 13.1. The fourth-order valence-corrected chi connectivity index (χ4v) is 4.87. The molecule has 1 aromatic heterocycles. The van der Waals surface area contributed by atoms with Gasteiger partial charge in [-0.05, 0) is 44.5 Å². The Labute approximate surface area is 162 Å². The van der Waals surface area contributed by atoms with E-state index >= 15 is 0 Å². The van der Waals surface area contributed by atoms with Crippen LogP contribution in [-0.2, 0) is 14.6 Å². The van der Waals surface area contributed by atoms with Gasteiger partial charge in [0.15, 0.2) is 9.84 Å². The third-order valence-electron chi connectivity index (χ3n) is 4.46. The summed E-state index contributed by atoms with van der Waals surface area (Å²) in [6.07, 6.45) is 0.455. The van der Waals surface area contributed by atoms with Gasteiger partial charge in [0.2, 0.25) is 0 Å². The molecular formula is C18H22FN3O5S. The Hall–Kier alpha value is -2.75. The third kappa shape index (κ3) is 4.94. The highest BCUT2D eigenvalue weighted by Gasteiger charge is 2.35. The van der Waals surface area contributed by atoms with Crippen LogP contribution in [0.1, 0.15) is 29.5 Å². The van der Waals surface area contributed by atoms with Gasteiger partial charge >= 0.3 is 0 Å². The van der Waals surface area contributed by atoms with Gasteiger partial charge in [-0.1, -0.05) is 0 Å². The van der Waals surface area contributed by atoms with Gasteiger partial charge in [0, 0.05) is 23.8 Å². The molecule has 0 aliphatic carbocycles. The lowest BCUT2D eigenvalue weighted by Crippen LogP contribution is -2.41. The van der Waals surface area contributed by atoms with Gasteiger partial charge < -0.3 is 15.0 Å². The van der Waals surface area contributed by atoms with Crippen molar-refractivity contribution in [2.75, 3.05) is 18.1 Å². The summed E-state index contributed by atoms with van der Waals surface area (Å²) in [6.45, 7) is 3.73. The molecule has 1 saturated heterocycles. The monoisotopic (exact) mass is 411 g/mol. The number of H-pyrrole nitrogens is 1. The second kappa shape index (κ2) is 8.96. The zero-order valence-corrected chi connectivity index (χ0v) is 16.4. The number of hydrogen-bond acceptors (Lipinski definition) is 5. The zero-order valence-electron chi connectivity index (χ0n) is 15.6. The number of rotatable bonds is 4. The van der Waals surface area contributed by atoms with E-state index in [4.69, 9.17) is 9.90 Å². The van der Waals surface area contributed by atoms with Crippen molar-refractivity contribution in [1.29, 1.82) is 0 Å². The van der Waals surface area contributed by atoms with Gasteiger partial charge in [0.1, 0.15) is 17.3 Å². The van der Waals surface area contributed by atoms with E-state index in [1.807, 2.05) is 6.92 Å². The number of nitrogens with zero attached hydrogens (tertiary/aromatic N) is 2. The number of hydrogen-bond donors (Lipinski definition) is 2. The maximum absolute atomic E-state index is 13.1. The molecule has 1 fully saturated rings. The Morgan fingerprint density at radius 3 is 2.50 bits per heavy atom. The number of imidazole rings is 1. The summed E-state index contributed by atoms with van der Waals surface area (Å²) in [5.41, 5.74) is 1.55. The summed E-state index contributed by atoms with van der Waals surface area (Å²) in [5, 5.41) is 6.89. The van der Waals surface area contributed by atoms with Crippen molar-refractivity contribution >= 4 is 22.2 Å². The topological polar surface area (TPSA) is 120 Å². The van der Waals surface area contributed by atoms with Crippen LogP contribution in [-0.4, -0.2) is 64.9 Å². The molecule has 0 spiro atoms. The number of carbonyl (C=O) groups is 2. The highest BCUT2D eigenvalue weighted by Crippen LogP contribution is 2.23. The Morgan fingerprint density at radius 2 is 2.00 bits per heavy atom. The first-order valence-electron chi connectivity index (χ1n) is 8.64. The van der Waals surface area contributed by atoms with Crippen LogP contribution in [0.25, 0.3) is 11.4 Å². The van der Waals surface area contributed by atoms with E-state index in [0.29, 0.717) is 30.0 Å². The molecule has 0 radical (unpaired) electrons. The van der Waals surface area contributed by atoms with Crippen molar-refractivity contribution in [2.24, 2.45) is 0 Å². The minimum absolute atomic E-state index is 0.000863. The fourth-order valence-electron chi connectivity index (χ4n) is 3.14. The van der Waals surface area contributed by atoms with Crippen LogP contribution in [0.2, 0.25) is 0 Å². The van der Waals surface area contributed by atoms with Crippen molar-refractivity contribution in [1.82, 2.24) is 14.9 Å². The third-order valence-corrected chi connectivity index (χ3v) is 6.21. The maximum Gasteiger partial charge on any atom is 0.290 e. The largest absolute Gasteiger partial charge is 0.483 e. The molecule has 1 amide bonds. The van der Waals surface area contributed by atoms with Crippen molar-refractivity contribution < 1.29 is 27.5 Å². The number of aromatic nitrogens is 2. The predicted octanol–water partition coefficient (Wildman–Crippen LogP) is 1.87.